The normalized spacial score (nSPS) is 18.7. The molecule has 1 aromatic heterocycles. The second-order valence-corrected chi connectivity index (χ2v) is 6.50. The van der Waals surface area contributed by atoms with Gasteiger partial charge in [0.1, 0.15) is 0 Å². The maximum absolute atomic E-state index is 3.54. The van der Waals surface area contributed by atoms with Crippen LogP contribution >= 0.6 is 11.3 Å². The van der Waals surface area contributed by atoms with Gasteiger partial charge >= 0.3 is 0 Å². The Kier molecular flexibility index (Phi) is 3.00. The largest absolute Gasteiger partial charge is 0.310 e. The second kappa shape index (κ2) is 4.52. The number of thiophene rings is 1. The lowest BCUT2D eigenvalue weighted by Gasteiger charge is -2.19. The summed E-state index contributed by atoms with van der Waals surface area (Å²) in [6, 6.07) is 9.72. The van der Waals surface area contributed by atoms with Crippen LogP contribution in [0, 0.1) is 13.8 Å². The van der Waals surface area contributed by atoms with Crippen LogP contribution < -0.4 is 5.32 Å². The van der Waals surface area contributed by atoms with E-state index in [0.29, 0.717) is 6.04 Å². The minimum atomic E-state index is 0.614. The SMILES string of the molecule is Cc1ccc(C)c(-c2cc3c(s2)CC(C)NC3)c1. The standard InChI is InChI=1S/C16H19NS/c1-10-4-5-11(2)14(6-10)16-8-13-9-17-12(3)7-15(13)18-16/h4-6,8,12,17H,7,9H2,1-3H3. The smallest absolute Gasteiger partial charge is 0.0351 e. The lowest BCUT2D eigenvalue weighted by Crippen LogP contribution is -2.31. The van der Waals surface area contributed by atoms with Gasteiger partial charge in [-0.1, -0.05) is 23.8 Å². The third kappa shape index (κ3) is 2.11. The van der Waals surface area contributed by atoms with Crippen LogP contribution in [-0.2, 0) is 13.0 Å². The van der Waals surface area contributed by atoms with Crippen molar-refractivity contribution in [2.75, 3.05) is 0 Å². The third-order valence-electron chi connectivity index (χ3n) is 3.69. The predicted molar refractivity (Wildman–Crippen MR) is 79.2 cm³/mol. The molecular weight excluding hydrogens is 238 g/mol. The Bertz CT molecular complexity index is 583. The van der Waals surface area contributed by atoms with E-state index in [1.807, 2.05) is 11.3 Å². The van der Waals surface area contributed by atoms with Gasteiger partial charge < -0.3 is 5.32 Å². The van der Waals surface area contributed by atoms with Crippen LogP contribution in [0.5, 0.6) is 0 Å². The summed E-state index contributed by atoms with van der Waals surface area (Å²) in [5.41, 5.74) is 5.62. The zero-order chi connectivity index (χ0) is 12.7. The van der Waals surface area contributed by atoms with Gasteiger partial charge in [-0.3, -0.25) is 0 Å². The highest BCUT2D eigenvalue weighted by Crippen LogP contribution is 2.35. The first-order valence-corrected chi connectivity index (χ1v) is 7.38. The van der Waals surface area contributed by atoms with Crippen LogP contribution in [0.1, 0.15) is 28.5 Å². The van der Waals surface area contributed by atoms with Gasteiger partial charge in [0.15, 0.2) is 0 Å². The van der Waals surface area contributed by atoms with E-state index in [9.17, 15) is 0 Å². The van der Waals surface area contributed by atoms with Gasteiger partial charge in [0, 0.05) is 22.3 Å². The minimum Gasteiger partial charge on any atom is -0.310 e. The summed E-state index contributed by atoms with van der Waals surface area (Å²) in [6.07, 6.45) is 1.17. The summed E-state index contributed by atoms with van der Waals surface area (Å²) >= 11 is 1.98. The fourth-order valence-electron chi connectivity index (χ4n) is 2.56. The van der Waals surface area contributed by atoms with E-state index >= 15 is 0 Å². The van der Waals surface area contributed by atoms with E-state index in [-0.39, 0.29) is 0 Å². The van der Waals surface area contributed by atoms with Gasteiger partial charge in [0.25, 0.3) is 0 Å². The summed E-state index contributed by atoms with van der Waals surface area (Å²) < 4.78 is 0. The van der Waals surface area contributed by atoms with Gasteiger partial charge in [-0.2, -0.15) is 0 Å². The molecule has 0 radical (unpaired) electrons. The van der Waals surface area contributed by atoms with Crippen LogP contribution in [0.2, 0.25) is 0 Å². The van der Waals surface area contributed by atoms with E-state index in [0.717, 1.165) is 6.54 Å². The molecule has 2 aromatic rings. The number of benzene rings is 1. The zero-order valence-corrected chi connectivity index (χ0v) is 12.0. The summed E-state index contributed by atoms with van der Waals surface area (Å²) in [6.45, 7) is 7.66. The lowest BCUT2D eigenvalue weighted by atomic mass is 10.0. The molecule has 3 rings (SSSR count). The van der Waals surface area contributed by atoms with Crippen molar-refractivity contribution in [1.82, 2.24) is 5.32 Å². The van der Waals surface area contributed by atoms with Crippen molar-refractivity contribution < 1.29 is 0 Å². The molecule has 1 atom stereocenters. The molecule has 1 nitrogen and oxygen atoms in total. The number of nitrogens with one attached hydrogen (secondary N) is 1. The molecule has 0 bridgehead atoms. The molecular formula is C16H19NS. The van der Waals surface area contributed by atoms with Gasteiger partial charge in [-0.05, 0) is 49.9 Å². The van der Waals surface area contributed by atoms with Gasteiger partial charge in [0.2, 0.25) is 0 Å². The minimum absolute atomic E-state index is 0.614. The Labute approximate surface area is 113 Å². The molecule has 0 amide bonds. The topological polar surface area (TPSA) is 12.0 Å². The Balaban J connectivity index is 2.05. The van der Waals surface area contributed by atoms with Crippen LogP contribution in [0.4, 0.5) is 0 Å². The van der Waals surface area contributed by atoms with Crippen molar-refractivity contribution in [3.8, 4) is 10.4 Å². The predicted octanol–water partition coefficient (Wildman–Crippen LogP) is 4.07. The number of rotatable bonds is 1. The maximum atomic E-state index is 3.54. The summed E-state index contributed by atoms with van der Waals surface area (Å²) in [5, 5.41) is 3.54. The van der Waals surface area contributed by atoms with E-state index in [1.165, 1.54) is 33.6 Å². The van der Waals surface area contributed by atoms with Gasteiger partial charge in [-0.25, -0.2) is 0 Å². The molecule has 1 N–H and O–H groups in total. The number of hydrogen-bond donors (Lipinski definition) is 1. The van der Waals surface area contributed by atoms with E-state index in [2.05, 4.69) is 50.4 Å². The quantitative estimate of drug-likeness (QED) is 0.812. The molecule has 1 aliphatic heterocycles. The Morgan fingerprint density at radius 2 is 2.06 bits per heavy atom. The monoisotopic (exact) mass is 257 g/mol. The second-order valence-electron chi connectivity index (χ2n) is 5.36. The highest BCUT2D eigenvalue weighted by atomic mass is 32.1. The molecule has 2 heteroatoms. The fourth-order valence-corrected chi connectivity index (χ4v) is 3.95. The Hall–Kier alpha value is -1.12. The Morgan fingerprint density at radius 3 is 2.89 bits per heavy atom. The molecule has 0 fully saturated rings. The van der Waals surface area contributed by atoms with Gasteiger partial charge in [0.05, 0.1) is 0 Å². The van der Waals surface area contributed by atoms with Crippen LogP contribution in [-0.4, -0.2) is 6.04 Å². The molecule has 94 valence electrons. The molecule has 1 aliphatic rings. The van der Waals surface area contributed by atoms with E-state index in [4.69, 9.17) is 0 Å². The van der Waals surface area contributed by atoms with Crippen molar-refractivity contribution in [3.05, 3.63) is 45.8 Å². The average Bonchev–Trinajstić information content (AvgIpc) is 2.74. The lowest BCUT2D eigenvalue weighted by molar-refractivity contribution is 0.520. The van der Waals surface area contributed by atoms with Gasteiger partial charge in [-0.15, -0.1) is 11.3 Å². The van der Waals surface area contributed by atoms with Crippen molar-refractivity contribution in [1.29, 1.82) is 0 Å². The van der Waals surface area contributed by atoms with Crippen molar-refractivity contribution >= 4 is 11.3 Å². The first-order chi connectivity index (χ1) is 8.63. The first-order valence-electron chi connectivity index (χ1n) is 6.56. The van der Waals surface area contributed by atoms with Crippen LogP contribution in [0.3, 0.4) is 0 Å². The van der Waals surface area contributed by atoms with Crippen LogP contribution in [0.15, 0.2) is 24.3 Å². The number of aryl methyl sites for hydroxylation is 2. The molecule has 1 unspecified atom stereocenters. The van der Waals surface area contributed by atoms with Crippen LogP contribution in [0.25, 0.3) is 10.4 Å². The summed E-state index contributed by atoms with van der Waals surface area (Å²) in [5.74, 6) is 0. The molecule has 2 heterocycles. The molecule has 0 saturated heterocycles. The maximum Gasteiger partial charge on any atom is 0.0351 e. The highest BCUT2D eigenvalue weighted by Gasteiger charge is 2.18. The molecule has 0 spiro atoms. The first kappa shape index (κ1) is 11.9. The van der Waals surface area contributed by atoms with Crippen molar-refractivity contribution in [2.24, 2.45) is 0 Å². The fraction of sp³-hybridized carbons (Fsp3) is 0.375. The Morgan fingerprint density at radius 1 is 1.22 bits per heavy atom. The number of fused-ring (bicyclic) bond motifs is 1. The zero-order valence-electron chi connectivity index (χ0n) is 11.2. The highest BCUT2D eigenvalue weighted by molar-refractivity contribution is 7.15. The number of hydrogen-bond acceptors (Lipinski definition) is 2. The average molecular weight is 257 g/mol. The summed E-state index contributed by atoms with van der Waals surface area (Å²) in [4.78, 5) is 2.99. The van der Waals surface area contributed by atoms with E-state index < -0.39 is 0 Å². The molecule has 18 heavy (non-hydrogen) atoms. The van der Waals surface area contributed by atoms with Crippen molar-refractivity contribution in [2.45, 2.75) is 39.8 Å². The molecule has 0 saturated carbocycles. The van der Waals surface area contributed by atoms with E-state index in [1.54, 1.807) is 4.88 Å². The summed E-state index contributed by atoms with van der Waals surface area (Å²) in [7, 11) is 0. The third-order valence-corrected chi connectivity index (χ3v) is 4.92. The molecule has 0 aliphatic carbocycles. The van der Waals surface area contributed by atoms with Crippen molar-refractivity contribution in [3.63, 3.8) is 0 Å². The molecule has 1 aromatic carbocycles.